The first-order valence-corrected chi connectivity index (χ1v) is 10.1. The molecule has 0 aliphatic carbocycles. The zero-order valence-corrected chi connectivity index (χ0v) is 18.0. The van der Waals surface area contributed by atoms with Crippen molar-refractivity contribution in [3.63, 3.8) is 0 Å². The van der Waals surface area contributed by atoms with Gasteiger partial charge in [0.05, 0.1) is 33.1 Å². The van der Waals surface area contributed by atoms with Crippen LogP contribution in [0.1, 0.15) is 36.6 Å². The number of amides is 3. The lowest BCUT2D eigenvalue weighted by atomic mass is 10.1. The Morgan fingerprint density at radius 2 is 1.73 bits per heavy atom. The molecule has 0 fully saturated rings. The number of esters is 1. The number of nitrogens with one attached hydrogen (secondary N) is 1. The molecule has 0 spiro atoms. The van der Waals surface area contributed by atoms with Crippen LogP contribution >= 0.6 is 11.6 Å². The fourth-order valence-corrected chi connectivity index (χ4v) is 3.61. The third-order valence-corrected chi connectivity index (χ3v) is 5.33. The molecule has 9 heteroatoms. The highest BCUT2D eigenvalue weighted by atomic mass is 35.5. The van der Waals surface area contributed by atoms with E-state index in [1.54, 1.807) is 31.2 Å². The monoisotopic (exact) mass is 466 g/mol. The van der Waals surface area contributed by atoms with Crippen molar-refractivity contribution in [3.05, 3.63) is 93.8 Å². The van der Waals surface area contributed by atoms with Gasteiger partial charge in [-0.15, -0.1) is 0 Å². The minimum absolute atomic E-state index is 0.00492. The number of fused-ring (bicyclic) bond motifs is 1. The number of carbonyl (C=O) groups excluding carboxylic acids is 4. The van der Waals surface area contributed by atoms with Crippen molar-refractivity contribution in [2.75, 3.05) is 16.8 Å². The van der Waals surface area contributed by atoms with Gasteiger partial charge in [-0.3, -0.25) is 14.4 Å². The van der Waals surface area contributed by atoms with Crippen LogP contribution < -0.4 is 10.2 Å². The van der Waals surface area contributed by atoms with Crippen molar-refractivity contribution in [3.8, 4) is 0 Å². The van der Waals surface area contributed by atoms with E-state index in [0.29, 0.717) is 5.69 Å². The summed E-state index contributed by atoms with van der Waals surface area (Å²) in [5, 5.41) is 2.40. The predicted molar refractivity (Wildman–Crippen MR) is 119 cm³/mol. The van der Waals surface area contributed by atoms with Gasteiger partial charge in [0.1, 0.15) is 5.82 Å². The molecule has 1 N–H and O–H groups in total. The summed E-state index contributed by atoms with van der Waals surface area (Å²) in [4.78, 5) is 51.2. The van der Waals surface area contributed by atoms with E-state index in [0.717, 1.165) is 22.6 Å². The van der Waals surface area contributed by atoms with Crippen LogP contribution in [0.4, 0.5) is 15.8 Å². The van der Waals surface area contributed by atoms with Crippen molar-refractivity contribution in [1.29, 1.82) is 0 Å². The van der Waals surface area contributed by atoms with Crippen LogP contribution in [0, 0.1) is 12.7 Å². The maximum absolute atomic E-state index is 13.1. The standard InChI is InChI=1S/C24H16ClFN2O5/c1-13-4-2-3-5-20(13)28-22(30)16-8-6-14(10-17(16)23(28)31)24(32)33-12-21(29)27-19-9-7-15(26)11-18(19)25/h2-11H,12H2,1H3,(H,27,29). The number of rotatable bonds is 5. The van der Waals surface area contributed by atoms with Gasteiger partial charge in [-0.25, -0.2) is 14.1 Å². The van der Waals surface area contributed by atoms with Gasteiger partial charge in [0.15, 0.2) is 6.61 Å². The summed E-state index contributed by atoms with van der Waals surface area (Å²) in [6.45, 7) is 1.15. The molecular weight excluding hydrogens is 451 g/mol. The van der Waals surface area contributed by atoms with Crippen molar-refractivity contribution < 1.29 is 28.3 Å². The van der Waals surface area contributed by atoms with E-state index >= 15 is 0 Å². The number of nitrogens with zero attached hydrogens (tertiary/aromatic N) is 1. The molecule has 0 atom stereocenters. The lowest BCUT2D eigenvalue weighted by Gasteiger charge is -2.16. The molecule has 1 aliphatic rings. The van der Waals surface area contributed by atoms with E-state index in [4.69, 9.17) is 16.3 Å². The van der Waals surface area contributed by atoms with Crippen molar-refractivity contribution in [2.24, 2.45) is 0 Å². The molecule has 3 amide bonds. The topological polar surface area (TPSA) is 92.8 Å². The lowest BCUT2D eigenvalue weighted by molar-refractivity contribution is -0.119. The Kier molecular flexibility index (Phi) is 5.93. The number of halogens is 2. The van der Waals surface area contributed by atoms with Crippen molar-refractivity contribution in [2.45, 2.75) is 6.92 Å². The van der Waals surface area contributed by atoms with Crippen LogP contribution in [-0.2, 0) is 9.53 Å². The Morgan fingerprint density at radius 1 is 1.00 bits per heavy atom. The molecule has 4 rings (SSSR count). The Bertz CT molecular complexity index is 1320. The fourth-order valence-electron chi connectivity index (χ4n) is 3.39. The van der Waals surface area contributed by atoms with E-state index in [-0.39, 0.29) is 27.4 Å². The molecule has 166 valence electrons. The van der Waals surface area contributed by atoms with Crippen LogP contribution in [0.5, 0.6) is 0 Å². The summed E-state index contributed by atoms with van der Waals surface area (Å²) in [5.74, 6) is -3.14. The van der Waals surface area contributed by atoms with Crippen LogP contribution in [0.15, 0.2) is 60.7 Å². The number of hydrogen-bond donors (Lipinski definition) is 1. The maximum atomic E-state index is 13.1. The first-order chi connectivity index (χ1) is 15.8. The number of imide groups is 1. The highest BCUT2D eigenvalue weighted by molar-refractivity contribution is 6.35. The second-order valence-electron chi connectivity index (χ2n) is 7.24. The SMILES string of the molecule is Cc1ccccc1N1C(=O)c2ccc(C(=O)OCC(=O)Nc3ccc(F)cc3Cl)cc2C1=O. The smallest absolute Gasteiger partial charge is 0.338 e. The van der Waals surface area contributed by atoms with E-state index in [9.17, 15) is 23.6 Å². The van der Waals surface area contributed by atoms with Gasteiger partial charge in [0.2, 0.25) is 0 Å². The van der Waals surface area contributed by atoms with Gasteiger partial charge < -0.3 is 10.1 Å². The molecule has 0 unspecified atom stereocenters. The summed E-state index contributed by atoms with van der Waals surface area (Å²) in [7, 11) is 0. The summed E-state index contributed by atoms with van der Waals surface area (Å²) in [6, 6.07) is 14.4. The number of aryl methyl sites for hydroxylation is 1. The molecule has 1 aliphatic heterocycles. The second-order valence-corrected chi connectivity index (χ2v) is 7.65. The van der Waals surface area contributed by atoms with Gasteiger partial charge in [-0.05, 0) is 55.0 Å². The number of hydrogen-bond acceptors (Lipinski definition) is 5. The Labute approximate surface area is 192 Å². The molecule has 7 nitrogen and oxygen atoms in total. The molecule has 33 heavy (non-hydrogen) atoms. The minimum Gasteiger partial charge on any atom is -0.452 e. The average Bonchev–Trinajstić information content (AvgIpc) is 3.04. The van der Waals surface area contributed by atoms with Crippen LogP contribution in [0.3, 0.4) is 0 Å². The molecule has 3 aromatic rings. The highest BCUT2D eigenvalue weighted by Gasteiger charge is 2.37. The summed E-state index contributed by atoms with van der Waals surface area (Å²) in [6.07, 6.45) is 0. The summed E-state index contributed by atoms with van der Waals surface area (Å²) in [5.41, 5.74) is 1.62. The van der Waals surface area contributed by atoms with Gasteiger partial charge in [-0.2, -0.15) is 0 Å². The average molecular weight is 467 g/mol. The van der Waals surface area contributed by atoms with Crippen LogP contribution in [0.25, 0.3) is 0 Å². The number of ether oxygens (including phenoxy) is 1. The summed E-state index contributed by atoms with van der Waals surface area (Å²) < 4.78 is 18.1. The molecule has 0 bridgehead atoms. The maximum Gasteiger partial charge on any atom is 0.338 e. The lowest BCUT2D eigenvalue weighted by Crippen LogP contribution is -2.29. The van der Waals surface area contributed by atoms with Gasteiger partial charge in [0.25, 0.3) is 17.7 Å². The quantitative estimate of drug-likeness (QED) is 0.445. The predicted octanol–water partition coefficient (Wildman–Crippen LogP) is 4.38. The number of para-hydroxylation sites is 1. The first kappa shape index (κ1) is 22.2. The van der Waals surface area contributed by atoms with E-state index in [2.05, 4.69) is 5.32 Å². The van der Waals surface area contributed by atoms with Gasteiger partial charge in [0, 0.05) is 0 Å². The van der Waals surface area contributed by atoms with Gasteiger partial charge in [-0.1, -0.05) is 29.8 Å². The number of anilines is 2. The normalized spacial score (nSPS) is 12.5. The van der Waals surface area contributed by atoms with E-state index in [1.807, 2.05) is 0 Å². The summed E-state index contributed by atoms with van der Waals surface area (Å²) >= 11 is 5.85. The van der Waals surface area contributed by atoms with Crippen LogP contribution in [-0.4, -0.2) is 30.3 Å². The zero-order chi connectivity index (χ0) is 23.7. The van der Waals surface area contributed by atoms with E-state index in [1.165, 1.54) is 24.3 Å². The highest BCUT2D eigenvalue weighted by Crippen LogP contribution is 2.31. The molecular formula is C24H16ClFN2O5. The fraction of sp³-hybridized carbons (Fsp3) is 0.0833. The van der Waals surface area contributed by atoms with Gasteiger partial charge >= 0.3 is 5.97 Å². The van der Waals surface area contributed by atoms with Crippen LogP contribution in [0.2, 0.25) is 5.02 Å². The first-order valence-electron chi connectivity index (χ1n) is 9.77. The largest absolute Gasteiger partial charge is 0.452 e. The van der Waals surface area contributed by atoms with E-state index < -0.39 is 36.1 Å². The third-order valence-electron chi connectivity index (χ3n) is 5.02. The van der Waals surface area contributed by atoms with Crippen molar-refractivity contribution >= 4 is 46.7 Å². The Hall–Kier alpha value is -4.04. The number of benzene rings is 3. The molecule has 1 heterocycles. The third kappa shape index (κ3) is 4.33. The Morgan fingerprint density at radius 3 is 2.45 bits per heavy atom. The van der Waals surface area contributed by atoms with Crippen molar-refractivity contribution in [1.82, 2.24) is 0 Å². The molecule has 0 aromatic heterocycles. The Balaban J connectivity index is 1.46. The number of carbonyl (C=O) groups is 4. The zero-order valence-electron chi connectivity index (χ0n) is 17.2. The molecule has 3 aromatic carbocycles. The second kappa shape index (κ2) is 8.84. The molecule has 0 saturated heterocycles. The molecule has 0 saturated carbocycles. The minimum atomic E-state index is -0.854. The molecule has 0 radical (unpaired) electrons.